The smallest absolute Gasteiger partial charge is 0.270 e. The van der Waals surface area contributed by atoms with Crippen LogP contribution < -0.4 is 0 Å². The monoisotopic (exact) mass is 382 g/mol. The van der Waals surface area contributed by atoms with Gasteiger partial charge in [-0.05, 0) is 67.8 Å². The molecule has 6 rings (SSSR count). The number of nitro benzene ring substituents is 1. The third-order valence-electron chi connectivity index (χ3n) is 6.90. The fraction of sp³-hybridized carbons (Fsp3) is 0.550. The lowest BCUT2D eigenvalue weighted by Gasteiger charge is -2.56. The second-order valence-corrected chi connectivity index (χ2v) is 9.00. The molecule has 4 saturated carbocycles. The van der Waals surface area contributed by atoms with Crippen LogP contribution >= 0.6 is 0 Å². The Morgan fingerprint density at radius 1 is 1.21 bits per heavy atom. The predicted molar refractivity (Wildman–Crippen MR) is 101 cm³/mol. The molecule has 4 aliphatic rings. The Bertz CT molecular complexity index is 974. The fourth-order valence-electron chi connectivity index (χ4n) is 6.33. The van der Waals surface area contributed by atoms with Crippen molar-refractivity contribution in [2.24, 2.45) is 33.4 Å². The number of azo groups is 1. The zero-order valence-electron chi connectivity index (χ0n) is 15.4. The van der Waals surface area contributed by atoms with Gasteiger partial charge >= 0.3 is 0 Å². The lowest BCUT2D eigenvalue weighted by atomic mass is 9.49. The normalized spacial score (nSPS) is 31.1. The van der Waals surface area contributed by atoms with E-state index in [1.807, 2.05) is 0 Å². The minimum atomic E-state index is -0.511. The van der Waals surface area contributed by atoms with E-state index in [2.05, 4.69) is 15.2 Å². The van der Waals surface area contributed by atoms with Gasteiger partial charge in [0.25, 0.3) is 11.6 Å². The SMILES string of the molecule is O=C(CC12CC3CC(CC(C3)C1)C2)N=Nc1c(O)[nH]c2ccc([N+](=O)[O-])cc12. The molecule has 4 bridgehead atoms. The molecular weight excluding hydrogens is 360 g/mol. The summed E-state index contributed by atoms with van der Waals surface area (Å²) >= 11 is 0. The molecule has 4 fully saturated rings. The number of carbonyl (C=O) groups excluding carboxylic acids is 1. The third kappa shape index (κ3) is 2.87. The first-order valence-electron chi connectivity index (χ1n) is 9.84. The fourth-order valence-corrected chi connectivity index (χ4v) is 6.33. The maximum absolute atomic E-state index is 12.6. The summed E-state index contributed by atoms with van der Waals surface area (Å²) in [6.45, 7) is 0. The number of benzene rings is 1. The van der Waals surface area contributed by atoms with E-state index in [9.17, 15) is 20.0 Å². The van der Waals surface area contributed by atoms with Gasteiger partial charge in [-0.2, -0.15) is 0 Å². The van der Waals surface area contributed by atoms with Crippen LogP contribution in [0.5, 0.6) is 5.88 Å². The molecular formula is C20H22N4O4. The van der Waals surface area contributed by atoms with Crippen LogP contribution in [0.15, 0.2) is 28.4 Å². The molecule has 1 amide bonds. The molecule has 1 aromatic carbocycles. The van der Waals surface area contributed by atoms with Gasteiger partial charge in [-0.15, -0.1) is 10.2 Å². The number of aromatic amines is 1. The number of hydrogen-bond donors (Lipinski definition) is 2. The molecule has 1 heterocycles. The molecule has 8 heteroatoms. The zero-order valence-corrected chi connectivity index (χ0v) is 15.4. The van der Waals surface area contributed by atoms with Crippen molar-refractivity contribution in [3.05, 3.63) is 28.3 Å². The molecule has 0 unspecified atom stereocenters. The average Bonchev–Trinajstić information content (AvgIpc) is 2.92. The summed E-state index contributed by atoms with van der Waals surface area (Å²) < 4.78 is 0. The van der Waals surface area contributed by atoms with E-state index >= 15 is 0 Å². The van der Waals surface area contributed by atoms with Crippen LogP contribution in [0.25, 0.3) is 10.9 Å². The van der Waals surface area contributed by atoms with E-state index in [1.165, 1.54) is 37.5 Å². The quantitative estimate of drug-likeness (QED) is 0.439. The Morgan fingerprint density at radius 2 is 1.86 bits per heavy atom. The largest absolute Gasteiger partial charge is 0.493 e. The minimum absolute atomic E-state index is 0.0672. The number of amides is 1. The van der Waals surface area contributed by atoms with Crippen LogP contribution in [0.4, 0.5) is 11.4 Å². The summed E-state index contributed by atoms with van der Waals surface area (Å²) in [4.78, 5) is 25.8. The van der Waals surface area contributed by atoms with E-state index in [0.717, 1.165) is 37.0 Å². The molecule has 0 spiro atoms. The van der Waals surface area contributed by atoms with Crippen molar-refractivity contribution >= 4 is 28.2 Å². The van der Waals surface area contributed by atoms with Crippen molar-refractivity contribution in [3.8, 4) is 5.88 Å². The number of carbonyl (C=O) groups is 1. The summed E-state index contributed by atoms with van der Waals surface area (Å²) in [5.41, 5.74) is 0.539. The van der Waals surface area contributed by atoms with Gasteiger partial charge in [0.05, 0.1) is 10.4 Å². The van der Waals surface area contributed by atoms with Crippen molar-refractivity contribution in [3.63, 3.8) is 0 Å². The zero-order chi connectivity index (χ0) is 19.5. The van der Waals surface area contributed by atoms with Crippen molar-refractivity contribution < 1.29 is 14.8 Å². The third-order valence-corrected chi connectivity index (χ3v) is 6.90. The van der Waals surface area contributed by atoms with Crippen LogP contribution in [0.2, 0.25) is 0 Å². The number of aromatic hydroxyl groups is 1. The maximum Gasteiger partial charge on any atom is 0.270 e. The summed E-state index contributed by atoms with van der Waals surface area (Å²) in [6.07, 6.45) is 7.70. The number of nitro groups is 1. The number of rotatable bonds is 4. The highest BCUT2D eigenvalue weighted by molar-refractivity contribution is 5.95. The summed E-state index contributed by atoms with van der Waals surface area (Å²) in [6, 6.07) is 4.17. The molecule has 8 nitrogen and oxygen atoms in total. The van der Waals surface area contributed by atoms with Gasteiger partial charge in [-0.3, -0.25) is 14.9 Å². The number of nitrogens with zero attached hydrogens (tertiary/aromatic N) is 3. The molecule has 146 valence electrons. The number of non-ortho nitro benzene ring substituents is 1. The Balaban J connectivity index is 1.37. The molecule has 0 radical (unpaired) electrons. The van der Waals surface area contributed by atoms with Crippen LogP contribution in [0, 0.1) is 33.3 Å². The number of aromatic nitrogens is 1. The van der Waals surface area contributed by atoms with Gasteiger partial charge in [-0.1, -0.05) is 0 Å². The summed E-state index contributed by atoms with van der Waals surface area (Å²) in [5.74, 6) is 1.75. The average molecular weight is 382 g/mol. The standard InChI is InChI=1S/C20H22N4O4/c25-17(10-20-7-11-3-12(8-20)5-13(4-11)9-20)22-23-18-15-6-14(24(27)28)1-2-16(15)21-19(18)26/h1-2,6,11-13,21,26H,3-5,7-10H2. The first-order chi connectivity index (χ1) is 13.4. The lowest BCUT2D eigenvalue weighted by Crippen LogP contribution is -2.46. The number of hydrogen-bond acceptors (Lipinski definition) is 5. The van der Waals surface area contributed by atoms with Gasteiger partial charge in [-0.25, -0.2) is 0 Å². The summed E-state index contributed by atoms with van der Waals surface area (Å²) in [7, 11) is 0. The predicted octanol–water partition coefficient (Wildman–Crippen LogP) is 5.00. The first kappa shape index (κ1) is 17.3. The van der Waals surface area contributed by atoms with Crippen molar-refractivity contribution in [2.45, 2.75) is 44.9 Å². The Labute approximate surface area is 161 Å². The highest BCUT2D eigenvalue weighted by Gasteiger charge is 2.51. The van der Waals surface area contributed by atoms with Crippen molar-refractivity contribution in [2.75, 3.05) is 0 Å². The molecule has 0 aliphatic heterocycles. The molecule has 28 heavy (non-hydrogen) atoms. The van der Waals surface area contributed by atoms with Crippen LogP contribution in [-0.2, 0) is 4.79 Å². The molecule has 0 saturated heterocycles. The molecule has 2 aromatic rings. The number of H-pyrrole nitrogens is 1. The van der Waals surface area contributed by atoms with E-state index in [4.69, 9.17) is 0 Å². The molecule has 2 N–H and O–H groups in total. The van der Waals surface area contributed by atoms with Gasteiger partial charge in [0.1, 0.15) is 0 Å². The second-order valence-electron chi connectivity index (χ2n) is 9.00. The highest BCUT2D eigenvalue weighted by atomic mass is 16.6. The Kier molecular flexibility index (Phi) is 3.79. The van der Waals surface area contributed by atoms with E-state index < -0.39 is 4.92 Å². The first-order valence-corrected chi connectivity index (χ1v) is 9.84. The van der Waals surface area contributed by atoms with Crippen LogP contribution in [0.1, 0.15) is 44.9 Å². The van der Waals surface area contributed by atoms with Gasteiger partial charge in [0.15, 0.2) is 5.69 Å². The second kappa shape index (κ2) is 6.12. The van der Waals surface area contributed by atoms with Crippen molar-refractivity contribution in [1.82, 2.24) is 4.98 Å². The van der Waals surface area contributed by atoms with E-state index in [0.29, 0.717) is 17.3 Å². The van der Waals surface area contributed by atoms with E-state index in [-0.39, 0.29) is 28.6 Å². The molecule has 1 aromatic heterocycles. The summed E-state index contributed by atoms with van der Waals surface area (Å²) in [5, 5.41) is 29.3. The lowest BCUT2D eigenvalue weighted by molar-refractivity contribution is -0.384. The topological polar surface area (TPSA) is 121 Å². The van der Waals surface area contributed by atoms with Gasteiger partial charge in [0.2, 0.25) is 5.88 Å². The van der Waals surface area contributed by atoms with Gasteiger partial charge < -0.3 is 10.1 Å². The van der Waals surface area contributed by atoms with Crippen molar-refractivity contribution in [1.29, 1.82) is 0 Å². The Morgan fingerprint density at radius 3 is 2.46 bits per heavy atom. The maximum atomic E-state index is 12.6. The highest BCUT2D eigenvalue weighted by Crippen LogP contribution is 2.61. The molecule has 0 atom stereocenters. The van der Waals surface area contributed by atoms with Crippen LogP contribution in [0.3, 0.4) is 0 Å². The van der Waals surface area contributed by atoms with Gasteiger partial charge in [0, 0.05) is 23.9 Å². The Hall–Kier alpha value is -2.77. The number of nitrogens with one attached hydrogen (secondary N) is 1. The minimum Gasteiger partial charge on any atom is -0.493 e. The van der Waals surface area contributed by atoms with E-state index in [1.54, 1.807) is 0 Å². The van der Waals surface area contributed by atoms with Crippen LogP contribution in [-0.4, -0.2) is 20.9 Å². The number of fused-ring (bicyclic) bond motifs is 1. The molecule has 4 aliphatic carbocycles.